The highest BCUT2D eigenvalue weighted by atomic mass is 79.9. The molecule has 1 aromatic heterocycles. The molecule has 2 N–H and O–H groups in total. The maximum atomic E-state index is 11.6. The van der Waals surface area contributed by atoms with Crippen LogP contribution in [0, 0.1) is 0 Å². The van der Waals surface area contributed by atoms with Gasteiger partial charge in [-0.15, -0.1) is 0 Å². The number of esters is 1. The average Bonchev–Trinajstić information content (AvgIpc) is 2.31. The highest BCUT2D eigenvalue weighted by Gasteiger charge is 2.14. The van der Waals surface area contributed by atoms with Gasteiger partial charge in [0.05, 0.1) is 12.3 Å². The number of carbonyl (C=O) groups is 1. The first-order valence-electron chi connectivity index (χ1n) is 4.83. The van der Waals surface area contributed by atoms with Crippen LogP contribution in [0.3, 0.4) is 0 Å². The topological polar surface area (TPSA) is 65.2 Å². The van der Waals surface area contributed by atoms with E-state index >= 15 is 0 Å². The van der Waals surface area contributed by atoms with Crippen molar-refractivity contribution in [1.29, 1.82) is 0 Å². The van der Waals surface area contributed by atoms with Crippen LogP contribution in [0.4, 0.5) is 0 Å². The van der Waals surface area contributed by atoms with Crippen molar-refractivity contribution in [2.75, 3.05) is 6.61 Å². The lowest BCUT2D eigenvalue weighted by Gasteiger charge is -2.06. The molecular weight excluding hydrogens is 272 g/mol. The van der Waals surface area contributed by atoms with Gasteiger partial charge >= 0.3 is 5.97 Å². The Morgan fingerprint density at radius 1 is 1.69 bits per heavy atom. The van der Waals surface area contributed by atoms with Crippen molar-refractivity contribution in [2.24, 2.45) is 5.73 Å². The van der Waals surface area contributed by atoms with E-state index in [1.165, 1.54) is 6.20 Å². The molecule has 1 aromatic rings. The zero-order valence-electron chi connectivity index (χ0n) is 8.94. The summed E-state index contributed by atoms with van der Waals surface area (Å²) in [5.74, 6) is -0.454. The summed E-state index contributed by atoms with van der Waals surface area (Å²) < 4.78 is 4.88. The molecule has 0 aromatic carbocycles. The minimum atomic E-state index is -0.454. The number of ether oxygens (including phenoxy) is 1. The van der Waals surface area contributed by atoms with Gasteiger partial charge in [0.25, 0.3) is 0 Å². The first-order valence-corrected chi connectivity index (χ1v) is 5.95. The summed E-state index contributed by atoms with van der Waals surface area (Å²) in [4.78, 5) is 15.6. The van der Waals surface area contributed by atoms with E-state index in [4.69, 9.17) is 10.5 Å². The first-order chi connectivity index (χ1) is 7.72. The van der Waals surface area contributed by atoms with Gasteiger partial charge in [-0.3, -0.25) is 4.98 Å². The van der Waals surface area contributed by atoms with Crippen LogP contribution >= 0.6 is 15.9 Å². The zero-order valence-corrected chi connectivity index (χ0v) is 10.5. The van der Waals surface area contributed by atoms with Crippen LogP contribution < -0.4 is 5.73 Å². The fourth-order valence-electron chi connectivity index (χ4n) is 1.17. The monoisotopic (exact) mass is 284 g/mol. The summed E-state index contributed by atoms with van der Waals surface area (Å²) >= 11 is 3.34. The largest absolute Gasteiger partial charge is 0.462 e. The molecule has 86 valence electrons. The Bertz CT molecular complexity index is 405. The van der Waals surface area contributed by atoms with Gasteiger partial charge in [-0.25, -0.2) is 4.79 Å². The number of pyridine rings is 1. The molecule has 0 spiro atoms. The third-order valence-electron chi connectivity index (χ3n) is 1.92. The molecule has 0 aliphatic rings. The predicted molar refractivity (Wildman–Crippen MR) is 65.7 cm³/mol. The van der Waals surface area contributed by atoms with E-state index in [9.17, 15) is 4.79 Å². The molecule has 0 aliphatic carbocycles. The lowest BCUT2D eigenvalue weighted by molar-refractivity contribution is -0.136. The second-order valence-electron chi connectivity index (χ2n) is 2.98. The number of hydrogen-bond acceptors (Lipinski definition) is 4. The van der Waals surface area contributed by atoms with Crippen LogP contribution in [0.15, 0.2) is 24.5 Å². The number of nitrogens with two attached hydrogens (primary N) is 1. The number of alkyl halides is 1. The Morgan fingerprint density at radius 3 is 3.00 bits per heavy atom. The summed E-state index contributed by atoms with van der Waals surface area (Å²) in [5, 5.41) is 0.698. The molecule has 0 fully saturated rings. The van der Waals surface area contributed by atoms with Gasteiger partial charge in [0.2, 0.25) is 0 Å². The van der Waals surface area contributed by atoms with Crippen LogP contribution in [-0.2, 0) is 14.9 Å². The van der Waals surface area contributed by atoms with E-state index in [1.54, 1.807) is 19.2 Å². The molecular formula is C11H13BrN2O2. The molecule has 0 saturated heterocycles. The van der Waals surface area contributed by atoms with Gasteiger partial charge in [-0.1, -0.05) is 15.9 Å². The average molecular weight is 285 g/mol. The van der Waals surface area contributed by atoms with Crippen molar-refractivity contribution in [3.63, 3.8) is 0 Å². The number of nitrogens with zero attached hydrogens (tertiary/aromatic N) is 1. The van der Waals surface area contributed by atoms with Crippen LogP contribution in [-0.4, -0.2) is 17.6 Å². The van der Waals surface area contributed by atoms with E-state index in [2.05, 4.69) is 20.9 Å². The van der Waals surface area contributed by atoms with Gasteiger partial charge in [0.1, 0.15) is 5.57 Å². The lowest BCUT2D eigenvalue weighted by Crippen LogP contribution is -2.09. The van der Waals surface area contributed by atoms with Crippen LogP contribution in [0.25, 0.3) is 5.57 Å². The van der Waals surface area contributed by atoms with Crippen molar-refractivity contribution < 1.29 is 9.53 Å². The Balaban J connectivity index is 3.00. The molecule has 0 amide bonds. The quantitative estimate of drug-likeness (QED) is 0.521. The van der Waals surface area contributed by atoms with Crippen molar-refractivity contribution in [3.05, 3.63) is 35.8 Å². The summed E-state index contributed by atoms with van der Waals surface area (Å²) in [7, 11) is 0. The third-order valence-corrected chi connectivity index (χ3v) is 2.56. The number of rotatable bonds is 4. The van der Waals surface area contributed by atoms with Gasteiger partial charge in [-0.05, 0) is 24.6 Å². The highest BCUT2D eigenvalue weighted by molar-refractivity contribution is 9.08. The second-order valence-corrected chi connectivity index (χ2v) is 3.54. The standard InChI is InChI=1S/C11H13BrN2O2/c1-2-16-11(15)9(7-13)10-5-8(6-12)3-4-14-10/h3-5,7H,2,6,13H2,1H3. The SMILES string of the molecule is CCOC(=O)C(=CN)c1cc(CBr)ccn1. The fourth-order valence-corrected chi connectivity index (χ4v) is 1.52. The molecule has 1 heterocycles. The Hall–Kier alpha value is -1.36. The second kappa shape index (κ2) is 6.27. The van der Waals surface area contributed by atoms with Crippen molar-refractivity contribution in [1.82, 2.24) is 4.98 Å². The number of halogens is 1. The minimum Gasteiger partial charge on any atom is -0.462 e. The Labute approximate surface area is 103 Å². The molecule has 0 atom stereocenters. The summed E-state index contributed by atoms with van der Waals surface area (Å²) in [6, 6.07) is 3.65. The molecule has 1 rings (SSSR count). The number of aromatic nitrogens is 1. The highest BCUT2D eigenvalue weighted by Crippen LogP contribution is 2.15. The molecule has 0 bridgehead atoms. The summed E-state index contributed by atoms with van der Waals surface area (Å²) in [6.45, 7) is 2.06. The van der Waals surface area contributed by atoms with Gasteiger partial charge in [0, 0.05) is 17.7 Å². The van der Waals surface area contributed by atoms with Crippen LogP contribution in [0.5, 0.6) is 0 Å². The van der Waals surface area contributed by atoms with Crippen LogP contribution in [0.1, 0.15) is 18.2 Å². The molecule has 0 saturated carbocycles. The Kier molecular flexibility index (Phi) is 4.98. The van der Waals surface area contributed by atoms with Crippen LogP contribution in [0.2, 0.25) is 0 Å². The van der Waals surface area contributed by atoms with Gasteiger partial charge in [-0.2, -0.15) is 0 Å². The molecule has 0 aliphatic heterocycles. The van der Waals surface area contributed by atoms with E-state index in [0.29, 0.717) is 17.6 Å². The van der Waals surface area contributed by atoms with Crippen molar-refractivity contribution in [2.45, 2.75) is 12.3 Å². The van der Waals surface area contributed by atoms with E-state index in [1.807, 2.05) is 6.07 Å². The van der Waals surface area contributed by atoms with E-state index < -0.39 is 5.97 Å². The predicted octanol–water partition coefficient (Wildman–Crippen LogP) is 1.84. The van der Waals surface area contributed by atoms with Gasteiger partial charge in [0.15, 0.2) is 0 Å². The van der Waals surface area contributed by atoms with Gasteiger partial charge < -0.3 is 10.5 Å². The fraction of sp³-hybridized carbons (Fsp3) is 0.273. The molecule has 16 heavy (non-hydrogen) atoms. The number of hydrogen-bond donors (Lipinski definition) is 1. The zero-order chi connectivity index (χ0) is 12.0. The molecule has 4 nitrogen and oxygen atoms in total. The van der Waals surface area contributed by atoms with Crippen molar-refractivity contribution >= 4 is 27.5 Å². The molecule has 0 unspecified atom stereocenters. The number of carbonyl (C=O) groups excluding carboxylic acids is 1. The normalized spacial score (nSPS) is 11.2. The first kappa shape index (κ1) is 12.7. The molecule has 5 heteroatoms. The third kappa shape index (κ3) is 3.06. The maximum absolute atomic E-state index is 11.6. The van der Waals surface area contributed by atoms with Crippen molar-refractivity contribution in [3.8, 4) is 0 Å². The maximum Gasteiger partial charge on any atom is 0.341 e. The smallest absolute Gasteiger partial charge is 0.341 e. The molecule has 0 radical (unpaired) electrons. The van der Waals surface area contributed by atoms with E-state index in [0.717, 1.165) is 5.56 Å². The lowest BCUT2D eigenvalue weighted by atomic mass is 10.1. The minimum absolute atomic E-state index is 0.282. The summed E-state index contributed by atoms with van der Waals surface area (Å²) in [5.41, 5.74) is 7.24. The van der Waals surface area contributed by atoms with E-state index in [-0.39, 0.29) is 5.57 Å². The Morgan fingerprint density at radius 2 is 2.44 bits per heavy atom. The summed E-state index contributed by atoms with van der Waals surface area (Å²) in [6.07, 6.45) is 2.85.